The van der Waals surface area contributed by atoms with Gasteiger partial charge in [-0.2, -0.15) is 35.1 Å². The molecule has 0 aromatic heterocycles. The number of hydrogen-bond acceptors (Lipinski definition) is 1. The van der Waals surface area contributed by atoms with E-state index in [-0.39, 0.29) is 12.1 Å². The second-order valence-corrected chi connectivity index (χ2v) is 4.06. The Balaban J connectivity index is 3.52. The Morgan fingerprint density at radius 1 is 0.900 bits per heavy atom. The van der Waals surface area contributed by atoms with Crippen molar-refractivity contribution in [3.63, 3.8) is 0 Å². The molecular formula is C10H3ClF8O. The molecule has 0 saturated heterocycles. The van der Waals surface area contributed by atoms with Gasteiger partial charge in [0.15, 0.2) is 0 Å². The molecule has 0 heterocycles. The smallest absolute Gasteiger partial charge is 0.286 e. The van der Waals surface area contributed by atoms with Gasteiger partial charge >= 0.3 is 17.7 Å². The monoisotopic (exact) mass is 326 g/mol. The van der Waals surface area contributed by atoms with Crippen molar-refractivity contribution < 1.29 is 39.9 Å². The highest BCUT2D eigenvalue weighted by molar-refractivity contribution is 6.35. The van der Waals surface area contributed by atoms with Crippen molar-refractivity contribution in [2.24, 2.45) is 0 Å². The highest BCUT2D eigenvalue weighted by Gasteiger charge is 2.44. The van der Waals surface area contributed by atoms with Gasteiger partial charge in [-0.1, -0.05) is 0 Å². The van der Waals surface area contributed by atoms with E-state index in [9.17, 15) is 39.9 Å². The third-order valence-electron chi connectivity index (χ3n) is 2.15. The maximum Gasteiger partial charge on any atom is 0.417 e. The fourth-order valence-corrected chi connectivity index (χ4v) is 1.41. The zero-order valence-corrected chi connectivity index (χ0v) is 9.80. The van der Waals surface area contributed by atoms with E-state index in [0.717, 1.165) is 0 Å². The third kappa shape index (κ3) is 3.59. The van der Waals surface area contributed by atoms with Crippen molar-refractivity contribution in [1.82, 2.24) is 0 Å². The van der Waals surface area contributed by atoms with Crippen LogP contribution in [-0.4, -0.2) is 11.2 Å². The lowest BCUT2D eigenvalue weighted by Crippen LogP contribution is -2.25. The Kier molecular flexibility index (Phi) is 4.06. The first-order valence-electron chi connectivity index (χ1n) is 4.64. The largest absolute Gasteiger partial charge is 0.417 e. The van der Waals surface area contributed by atoms with Crippen LogP contribution in [0.2, 0.25) is 0 Å². The molecular weight excluding hydrogens is 324 g/mol. The summed E-state index contributed by atoms with van der Waals surface area (Å²) >= 11 is 4.30. The lowest BCUT2D eigenvalue weighted by molar-refractivity contribution is -0.143. The summed E-state index contributed by atoms with van der Waals surface area (Å²) in [6.45, 7) is 0. The molecule has 1 aromatic rings. The summed E-state index contributed by atoms with van der Waals surface area (Å²) in [4.78, 5) is 11.0. The maximum atomic E-state index is 12.6. The van der Waals surface area contributed by atoms with E-state index >= 15 is 0 Å². The second-order valence-electron chi connectivity index (χ2n) is 3.58. The van der Waals surface area contributed by atoms with Crippen LogP contribution in [0.15, 0.2) is 18.2 Å². The Hall–Kier alpha value is -1.38. The van der Waals surface area contributed by atoms with Gasteiger partial charge in [0.1, 0.15) is 0 Å². The fraction of sp³-hybridized carbons (Fsp3) is 0.300. The summed E-state index contributed by atoms with van der Waals surface area (Å²) < 4.78 is 99.6. The molecule has 0 amide bonds. The Morgan fingerprint density at radius 3 is 1.75 bits per heavy atom. The van der Waals surface area contributed by atoms with Gasteiger partial charge in [-0.15, -0.1) is 0 Å². The van der Waals surface area contributed by atoms with Gasteiger partial charge in [0.05, 0.1) is 11.1 Å². The number of halogens is 9. The first kappa shape index (κ1) is 16.7. The van der Waals surface area contributed by atoms with Gasteiger partial charge in [-0.05, 0) is 29.8 Å². The minimum absolute atomic E-state index is 0.0181. The van der Waals surface area contributed by atoms with Gasteiger partial charge < -0.3 is 0 Å². The van der Waals surface area contributed by atoms with Gasteiger partial charge in [0.25, 0.3) is 0 Å². The van der Waals surface area contributed by atoms with Crippen LogP contribution in [0.5, 0.6) is 0 Å². The zero-order chi connectivity index (χ0) is 15.9. The number of ketones is 1. The van der Waals surface area contributed by atoms with E-state index < -0.39 is 46.3 Å². The molecule has 1 nitrogen and oxygen atoms in total. The van der Waals surface area contributed by atoms with Crippen LogP contribution in [-0.2, 0) is 12.4 Å². The van der Waals surface area contributed by atoms with Crippen LogP contribution in [0.25, 0.3) is 0 Å². The van der Waals surface area contributed by atoms with E-state index in [2.05, 4.69) is 11.6 Å². The predicted octanol–water partition coefficient (Wildman–Crippen LogP) is 4.74. The van der Waals surface area contributed by atoms with E-state index in [1.165, 1.54) is 0 Å². The van der Waals surface area contributed by atoms with Crippen LogP contribution in [0.4, 0.5) is 35.1 Å². The molecule has 0 bridgehead atoms. The van der Waals surface area contributed by atoms with Crippen LogP contribution in [0.3, 0.4) is 0 Å². The minimum atomic E-state index is -5.42. The van der Waals surface area contributed by atoms with E-state index in [0.29, 0.717) is 0 Å². The van der Waals surface area contributed by atoms with Crippen molar-refractivity contribution in [2.75, 3.05) is 0 Å². The molecule has 112 valence electrons. The molecule has 0 fully saturated rings. The highest BCUT2D eigenvalue weighted by atomic mass is 35.5. The van der Waals surface area contributed by atoms with Crippen molar-refractivity contribution in [2.45, 2.75) is 17.7 Å². The lowest BCUT2D eigenvalue weighted by Gasteiger charge is -2.16. The Labute approximate surface area is 111 Å². The number of benzene rings is 1. The van der Waals surface area contributed by atoms with E-state index in [1.54, 1.807) is 0 Å². The average Bonchev–Trinajstić information content (AvgIpc) is 2.23. The predicted molar refractivity (Wildman–Crippen MR) is 51.6 cm³/mol. The molecule has 0 N–H and O–H groups in total. The van der Waals surface area contributed by atoms with Crippen LogP contribution >= 0.6 is 11.6 Å². The van der Waals surface area contributed by atoms with Gasteiger partial charge in [-0.3, -0.25) is 4.79 Å². The summed E-state index contributed by atoms with van der Waals surface area (Å²) in [5, 5.41) is -4.65. The first-order chi connectivity index (χ1) is 8.74. The van der Waals surface area contributed by atoms with Crippen molar-refractivity contribution >= 4 is 17.4 Å². The summed E-state index contributed by atoms with van der Waals surface area (Å²) in [5.74, 6) is -2.43. The first-order valence-corrected chi connectivity index (χ1v) is 5.02. The number of carbonyl (C=O) groups excluding carboxylic acids is 1. The molecule has 0 aliphatic rings. The molecule has 0 atom stereocenters. The van der Waals surface area contributed by atoms with Gasteiger partial charge in [0.2, 0.25) is 5.78 Å². The molecule has 0 unspecified atom stereocenters. The number of hydrogen-bond donors (Lipinski definition) is 0. The number of rotatable bonds is 2. The molecule has 0 aliphatic heterocycles. The summed E-state index contributed by atoms with van der Waals surface area (Å²) in [7, 11) is 0. The Morgan fingerprint density at radius 2 is 1.40 bits per heavy atom. The van der Waals surface area contributed by atoms with Crippen molar-refractivity contribution in [1.29, 1.82) is 0 Å². The molecule has 1 rings (SSSR count). The maximum absolute atomic E-state index is 12.6. The standard InChI is InChI=1S/C10H3ClF8O/c11-8(12,13)7(20)5-2-1-4(9(14,15)16)3-6(5)10(17,18)19/h1-3H. The van der Waals surface area contributed by atoms with Crippen LogP contribution < -0.4 is 0 Å². The summed E-state index contributed by atoms with van der Waals surface area (Å²) in [5.41, 5.74) is -5.48. The quantitative estimate of drug-likeness (QED) is 0.436. The average molecular weight is 327 g/mol. The van der Waals surface area contributed by atoms with Crippen molar-refractivity contribution in [3.05, 3.63) is 34.9 Å². The minimum Gasteiger partial charge on any atom is -0.286 e. The normalized spacial score (nSPS) is 13.4. The summed E-state index contributed by atoms with van der Waals surface area (Å²) in [6, 6.07) is -0.314. The van der Waals surface area contributed by atoms with Crippen LogP contribution in [0.1, 0.15) is 21.5 Å². The number of carbonyl (C=O) groups is 1. The van der Waals surface area contributed by atoms with Gasteiger partial charge in [0, 0.05) is 5.56 Å². The molecule has 20 heavy (non-hydrogen) atoms. The van der Waals surface area contributed by atoms with Gasteiger partial charge in [-0.25, -0.2) is 0 Å². The fourth-order valence-electron chi connectivity index (χ4n) is 1.31. The number of Topliss-reactive ketones (excluding diaryl/α,β-unsaturated/α-hetero) is 1. The molecule has 0 spiro atoms. The zero-order valence-electron chi connectivity index (χ0n) is 9.04. The third-order valence-corrected chi connectivity index (χ3v) is 2.33. The molecule has 0 saturated carbocycles. The lowest BCUT2D eigenvalue weighted by atomic mass is 10.00. The van der Waals surface area contributed by atoms with Crippen molar-refractivity contribution in [3.8, 4) is 0 Å². The SMILES string of the molecule is O=C(c1ccc(C(F)(F)F)cc1C(F)(F)F)C(F)(F)Cl. The molecule has 0 aliphatic carbocycles. The topological polar surface area (TPSA) is 17.1 Å². The highest BCUT2D eigenvalue weighted by Crippen LogP contribution is 2.39. The second kappa shape index (κ2) is 4.87. The van der Waals surface area contributed by atoms with E-state index in [1.807, 2.05) is 0 Å². The Bertz CT molecular complexity index is 526. The summed E-state index contributed by atoms with van der Waals surface area (Å²) in [6.07, 6.45) is -10.5. The molecule has 10 heteroatoms. The van der Waals surface area contributed by atoms with E-state index in [4.69, 9.17) is 0 Å². The number of alkyl halides is 9. The molecule has 1 aromatic carbocycles. The molecule has 0 radical (unpaired) electrons. The van der Waals surface area contributed by atoms with Crippen LogP contribution in [0, 0.1) is 0 Å².